The summed E-state index contributed by atoms with van der Waals surface area (Å²) >= 11 is 0. The number of fused-ring (bicyclic) bond motifs is 1. The quantitative estimate of drug-likeness (QED) is 0.204. The van der Waals surface area contributed by atoms with Crippen LogP contribution in [0.1, 0.15) is 39.3 Å². The van der Waals surface area contributed by atoms with Crippen LogP contribution in [0, 0.1) is 5.82 Å². The van der Waals surface area contributed by atoms with Crippen molar-refractivity contribution in [2.45, 2.75) is 39.2 Å². The Labute approximate surface area is 246 Å². The van der Waals surface area contributed by atoms with Gasteiger partial charge in [0.25, 0.3) is 5.56 Å². The Kier molecular flexibility index (Phi) is 7.91. The van der Waals surface area contributed by atoms with Gasteiger partial charge in [0, 0.05) is 36.5 Å². The van der Waals surface area contributed by atoms with Crippen molar-refractivity contribution in [3.05, 3.63) is 82.9 Å². The second-order valence-corrected chi connectivity index (χ2v) is 10.9. The second-order valence-electron chi connectivity index (χ2n) is 10.9. The molecule has 43 heavy (non-hydrogen) atoms. The van der Waals surface area contributed by atoms with Gasteiger partial charge in [-0.3, -0.25) is 19.7 Å². The lowest BCUT2D eigenvalue weighted by atomic mass is 10.0. The Balaban J connectivity index is 1.52. The Hall–Kier alpha value is -5.17. The lowest BCUT2D eigenvalue weighted by Crippen LogP contribution is -2.40. The summed E-state index contributed by atoms with van der Waals surface area (Å²) < 4.78 is 17.9. The van der Waals surface area contributed by atoms with Crippen molar-refractivity contribution in [3.8, 4) is 16.8 Å². The van der Waals surface area contributed by atoms with E-state index < -0.39 is 22.9 Å². The predicted molar refractivity (Wildman–Crippen MR) is 163 cm³/mol. The number of nitrogens with one attached hydrogen (secondary N) is 3. The fraction of sp³-hybridized carbons (Fsp3) is 0.267. The fourth-order valence-electron chi connectivity index (χ4n) is 4.56. The van der Waals surface area contributed by atoms with Gasteiger partial charge < -0.3 is 15.7 Å². The largest absolute Gasteiger partial charge is 0.394 e. The molecule has 0 saturated carbocycles. The molecule has 0 atom stereocenters. The van der Waals surface area contributed by atoms with Crippen LogP contribution in [-0.4, -0.2) is 54.1 Å². The van der Waals surface area contributed by atoms with E-state index in [1.165, 1.54) is 22.8 Å². The monoisotopic (exact) mass is 585 g/mol. The number of benzene rings is 1. The summed E-state index contributed by atoms with van der Waals surface area (Å²) in [7, 11) is 1.66. The van der Waals surface area contributed by atoms with Crippen LogP contribution in [0.4, 0.5) is 26.6 Å². The number of nitrogens with zero attached hydrogens (tertiary/aromatic N) is 6. The number of halogens is 1. The summed E-state index contributed by atoms with van der Waals surface area (Å²) in [5.74, 6) is 0.0798. The summed E-state index contributed by atoms with van der Waals surface area (Å²) in [6.45, 7) is 7.04. The lowest BCUT2D eigenvalue weighted by Gasteiger charge is -2.27. The Bertz CT molecular complexity index is 1870. The number of aromatic nitrogens is 6. The minimum absolute atomic E-state index is 0.0905. The highest BCUT2D eigenvalue weighted by Crippen LogP contribution is 2.28. The number of aliphatic hydroxyl groups is 1. The van der Waals surface area contributed by atoms with Gasteiger partial charge >= 0.3 is 6.03 Å². The minimum Gasteiger partial charge on any atom is -0.394 e. The normalized spacial score (nSPS) is 11.6. The van der Waals surface area contributed by atoms with E-state index >= 15 is 0 Å². The maximum absolute atomic E-state index is 15.0. The van der Waals surface area contributed by atoms with Crippen LogP contribution in [0.3, 0.4) is 0 Å². The molecule has 5 rings (SSSR count). The molecule has 13 heteroatoms. The van der Waals surface area contributed by atoms with E-state index in [1.807, 2.05) is 13.8 Å². The fourth-order valence-corrected chi connectivity index (χ4v) is 4.56. The molecule has 0 fully saturated rings. The Morgan fingerprint density at radius 2 is 1.91 bits per heavy atom. The highest BCUT2D eigenvalue weighted by Gasteiger charge is 2.26. The van der Waals surface area contributed by atoms with Gasteiger partial charge in [-0.25, -0.2) is 18.9 Å². The van der Waals surface area contributed by atoms with Crippen molar-refractivity contribution in [1.82, 2.24) is 29.3 Å². The maximum atomic E-state index is 15.0. The summed E-state index contributed by atoms with van der Waals surface area (Å²) in [6, 6.07) is 10.2. The van der Waals surface area contributed by atoms with Gasteiger partial charge in [-0.1, -0.05) is 19.9 Å². The van der Waals surface area contributed by atoms with Gasteiger partial charge in [0.2, 0.25) is 5.95 Å². The number of urea groups is 1. The van der Waals surface area contributed by atoms with Crippen LogP contribution in [0.2, 0.25) is 0 Å². The van der Waals surface area contributed by atoms with Crippen molar-refractivity contribution in [3.63, 3.8) is 0 Å². The van der Waals surface area contributed by atoms with E-state index in [2.05, 4.69) is 36.0 Å². The first-order valence-electron chi connectivity index (χ1n) is 13.6. The van der Waals surface area contributed by atoms with Gasteiger partial charge in [0.15, 0.2) is 0 Å². The van der Waals surface area contributed by atoms with Crippen LogP contribution >= 0.6 is 0 Å². The molecule has 0 radical (unpaired) electrons. The van der Waals surface area contributed by atoms with Crippen LogP contribution in [0.5, 0.6) is 0 Å². The summed E-state index contributed by atoms with van der Waals surface area (Å²) in [5, 5.41) is 23.4. The number of amides is 2. The number of rotatable bonds is 8. The van der Waals surface area contributed by atoms with Crippen molar-refractivity contribution < 1.29 is 14.3 Å². The molecule has 4 heterocycles. The second kappa shape index (κ2) is 11.6. The number of hydrogen-bond donors (Lipinski definition) is 4. The van der Waals surface area contributed by atoms with Gasteiger partial charge in [-0.15, -0.1) is 0 Å². The molecule has 4 N–H and O–H groups in total. The molecular weight excluding hydrogens is 553 g/mol. The van der Waals surface area contributed by atoms with Crippen LogP contribution in [0.15, 0.2) is 65.8 Å². The molecule has 0 aliphatic rings. The smallest absolute Gasteiger partial charge is 0.324 e. The van der Waals surface area contributed by atoms with E-state index in [-0.39, 0.29) is 23.8 Å². The summed E-state index contributed by atoms with van der Waals surface area (Å²) in [6.07, 6.45) is 4.81. The molecule has 1 aromatic carbocycles. The van der Waals surface area contributed by atoms with E-state index in [9.17, 15) is 19.1 Å². The average molecular weight is 586 g/mol. The molecule has 0 spiro atoms. The van der Waals surface area contributed by atoms with Crippen molar-refractivity contribution in [2.24, 2.45) is 0 Å². The van der Waals surface area contributed by atoms with Gasteiger partial charge in [0.1, 0.15) is 17.3 Å². The third-order valence-corrected chi connectivity index (χ3v) is 6.93. The third kappa shape index (κ3) is 5.79. The predicted octanol–water partition coefficient (Wildman–Crippen LogP) is 4.71. The molecule has 2 amide bonds. The van der Waals surface area contributed by atoms with E-state index in [4.69, 9.17) is 0 Å². The topological polar surface area (TPSA) is 152 Å². The zero-order valence-electron chi connectivity index (χ0n) is 24.4. The Morgan fingerprint density at radius 3 is 2.58 bits per heavy atom. The first-order valence-corrected chi connectivity index (χ1v) is 13.6. The van der Waals surface area contributed by atoms with Crippen LogP contribution in [-0.2, 0) is 5.54 Å². The number of pyridine rings is 2. The summed E-state index contributed by atoms with van der Waals surface area (Å²) in [4.78, 5) is 39.8. The highest BCUT2D eigenvalue weighted by atomic mass is 19.1. The zero-order valence-corrected chi connectivity index (χ0v) is 24.4. The molecule has 4 aromatic heterocycles. The van der Waals surface area contributed by atoms with Gasteiger partial charge in [0.05, 0.1) is 35.4 Å². The van der Waals surface area contributed by atoms with Crippen molar-refractivity contribution in [2.75, 3.05) is 29.6 Å². The van der Waals surface area contributed by atoms with E-state index in [0.29, 0.717) is 34.1 Å². The average Bonchev–Trinajstić information content (AvgIpc) is 3.42. The van der Waals surface area contributed by atoms with E-state index in [0.717, 1.165) is 5.69 Å². The number of hydrogen-bond acceptors (Lipinski definition) is 8. The number of anilines is 3. The van der Waals surface area contributed by atoms with Crippen LogP contribution in [0.25, 0.3) is 27.8 Å². The lowest BCUT2D eigenvalue weighted by molar-refractivity contribution is 0.164. The standard InChI is InChI=1S/C30H32FN9O3/c1-17(2)23-13-25(40(38-23)20-7-6-10-33-15-20)36-29(43)35-24-12-18(8-9-22(24)31)21-11-19-14-34-28(32-5)37-26(19)39(27(21)42)30(3,4)16-41/h6-15,17,41H,16H2,1-5H3,(H,32,34,37)(H2,35,36,43). The zero-order chi connectivity index (χ0) is 30.9. The molecule has 0 aliphatic carbocycles. The van der Waals surface area contributed by atoms with E-state index in [1.54, 1.807) is 68.4 Å². The maximum Gasteiger partial charge on any atom is 0.324 e. The first kappa shape index (κ1) is 29.3. The number of carbonyl (C=O) groups is 1. The molecule has 0 unspecified atom stereocenters. The first-order chi connectivity index (χ1) is 20.5. The third-order valence-electron chi connectivity index (χ3n) is 6.93. The molecule has 0 bridgehead atoms. The molecule has 0 aliphatic heterocycles. The molecule has 5 aromatic rings. The highest BCUT2D eigenvalue weighted by molar-refractivity contribution is 6.00. The van der Waals surface area contributed by atoms with Crippen molar-refractivity contribution in [1.29, 1.82) is 0 Å². The molecular formula is C30H32FN9O3. The SMILES string of the molecule is CNc1ncc2cc(-c3ccc(F)c(NC(=O)Nc4cc(C(C)C)nn4-c4cccnc4)c3)c(=O)n(C(C)(C)CO)c2n1. The Morgan fingerprint density at radius 1 is 1.12 bits per heavy atom. The number of aliphatic hydroxyl groups excluding tert-OH is 1. The van der Waals surface area contributed by atoms with Gasteiger partial charge in [-0.05, 0) is 55.7 Å². The molecule has 0 saturated heterocycles. The molecule has 222 valence electrons. The van der Waals surface area contributed by atoms with Crippen molar-refractivity contribution >= 4 is 34.5 Å². The molecule has 12 nitrogen and oxygen atoms in total. The summed E-state index contributed by atoms with van der Waals surface area (Å²) in [5.41, 5.74) is 0.687. The van der Waals surface area contributed by atoms with Crippen LogP contribution < -0.4 is 21.5 Å². The number of carbonyl (C=O) groups excluding carboxylic acids is 1. The van der Waals surface area contributed by atoms with Gasteiger partial charge in [-0.2, -0.15) is 10.1 Å². The minimum atomic E-state index is -1.02.